The first-order chi connectivity index (χ1) is 7.81. The van der Waals surface area contributed by atoms with Gasteiger partial charge in [0.2, 0.25) is 5.88 Å². The van der Waals surface area contributed by atoms with Gasteiger partial charge in [-0.25, -0.2) is 4.98 Å². The number of anilines is 1. The molecule has 0 amide bonds. The molecule has 2 heterocycles. The minimum Gasteiger partial charge on any atom is -0.480 e. The van der Waals surface area contributed by atoms with E-state index < -0.39 is 0 Å². The lowest BCUT2D eigenvalue weighted by Gasteiger charge is -2.09. The second kappa shape index (κ2) is 4.61. The van der Waals surface area contributed by atoms with Crippen molar-refractivity contribution >= 4 is 5.69 Å². The van der Waals surface area contributed by atoms with E-state index in [9.17, 15) is 0 Å². The summed E-state index contributed by atoms with van der Waals surface area (Å²) in [4.78, 5) is 4.10. The van der Waals surface area contributed by atoms with E-state index in [0.29, 0.717) is 12.4 Å². The second-order valence-electron chi connectivity index (χ2n) is 3.26. The zero-order valence-electron chi connectivity index (χ0n) is 9.21. The molecule has 2 rings (SSSR count). The lowest BCUT2D eigenvalue weighted by atomic mass is 10.3. The van der Waals surface area contributed by atoms with Gasteiger partial charge in [0.25, 0.3) is 0 Å². The van der Waals surface area contributed by atoms with Crippen LogP contribution in [0.2, 0.25) is 0 Å². The quantitative estimate of drug-likeness (QED) is 0.825. The number of aryl methyl sites for hydroxylation is 1. The lowest BCUT2D eigenvalue weighted by molar-refractivity contribution is 0.399. The van der Waals surface area contributed by atoms with Gasteiger partial charge in [-0.15, -0.1) is 5.10 Å². The molecule has 0 radical (unpaired) electrons. The Morgan fingerprint density at radius 1 is 1.50 bits per heavy atom. The summed E-state index contributed by atoms with van der Waals surface area (Å²) >= 11 is 0. The van der Waals surface area contributed by atoms with Crippen molar-refractivity contribution in [3.63, 3.8) is 0 Å². The van der Waals surface area contributed by atoms with Gasteiger partial charge in [-0.2, -0.15) is 0 Å². The predicted molar refractivity (Wildman–Crippen MR) is 59.1 cm³/mol. The number of nitrogens with one attached hydrogen (secondary N) is 1. The minimum absolute atomic E-state index is 0.581. The molecule has 0 aliphatic rings. The van der Waals surface area contributed by atoms with E-state index in [4.69, 9.17) is 4.74 Å². The molecule has 16 heavy (non-hydrogen) atoms. The van der Waals surface area contributed by atoms with Crippen molar-refractivity contribution in [3.05, 3.63) is 30.2 Å². The SMILES string of the molecule is COc1ncccc1NCc1cnnn1C. The van der Waals surface area contributed by atoms with Crippen LogP contribution in [0, 0.1) is 0 Å². The molecule has 6 nitrogen and oxygen atoms in total. The van der Waals surface area contributed by atoms with Crippen molar-refractivity contribution in [2.75, 3.05) is 12.4 Å². The Morgan fingerprint density at radius 3 is 3.06 bits per heavy atom. The van der Waals surface area contributed by atoms with Crippen LogP contribution >= 0.6 is 0 Å². The Labute approximate surface area is 93.3 Å². The van der Waals surface area contributed by atoms with E-state index in [1.807, 2.05) is 19.2 Å². The zero-order valence-corrected chi connectivity index (χ0v) is 9.21. The Kier molecular flexibility index (Phi) is 3.00. The molecule has 0 aliphatic carbocycles. The summed E-state index contributed by atoms with van der Waals surface area (Å²) in [6.07, 6.45) is 3.41. The van der Waals surface area contributed by atoms with Gasteiger partial charge in [-0.05, 0) is 12.1 Å². The van der Waals surface area contributed by atoms with Gasteiger partial charge in [0.05, 0.1) is 31.2 Å². The predicted octanol–water partition coefficient (Wildman–Crippen LogP) is 0.831. The van der Waals surface area contributed by atoms with Crippen LogP contribution in [0.5, 0.6) is 5.88 Å². The van der Waals surface area contributed by atoms with Crippen LogP contribution < -0.4 is 10.1 Å². The highest BCUT2D eigenvalue weighted by atomic mass is 16.5. The largest absolute Gasteiger partial charge is 0.480 e. The van der Waals surface area contributed by atoms with Crippen molar-refractivity contribution in [2.45, 2.75) is 6.54 Å². The molecule has 2 aromatic heterocycles. The fourth-order valence-electron chi connectivity index (χ4n) is 1.34. The fourth-order valence-corrected chi connectivity index (χ4v) is 1.34. The van der Waals surface area contributed by atoms with Crippen LogP contribution in [0.4, 0.5) is 5.69 Å². The highest BCUT2D eigenvalue weighted by Crippen LogP contribution is 2.20. The molecule has 0 bridgehead atoms. The van der Waals surface area contributed by atoms with Crippen LogP contribution in [-0.4, -0.2) is 27.1 Å². The van der Waals surface area contributed by atoms with E-state index >= 15 is 0 Å². The number of ether oxygens (including phenoxy) is 1. The van der Waals surface area contributed by atoms with Crippen molar-refractivity contribution < 1.29 is 4.74 Å². The molecule has 1 N–H and O–H groups in total. The summed E-state index contributed by atoms with van der Waals surface area (Å²) in [6, 6.07) is 3.77. The first-order valence-electron chi connectivity index (χ1n) is 4.87. The van der Waals surface area contributed by atoms with Crippen molar-refractivity contribution in [3.8, 4) is 5.88 Å². The van der Waals surface area contributed by atoms with Gasteiger partial charge in [0.1, 0.15) is 0 Å². The maximum Gasteiger partial charge on any atom is 0.237 e. The van der Waals surface area contributed by atoms with Gasteiger partial charge < -0.3 is 10.1 Å². The van der Waals surface area contributed by atoms with E-state index in [1.165, 1.54) is 0 Å². The second-order valence-corrected chi connectivity index (χ2v) is 3.26. The molecule has 6 heteroatoms. The van der Waals surface area contributed by atoms with E-state index in [1.54, 1.807) is 24.2 Å². The van der Waals surface area contributed by atoms with Crippen molar-refractivity contribution in [1.29, 1.82) is 0 Å². The maximum atomic E-state index is 5.13. The zero-order chi connectivity index (χ0) is 11.4. The van der Waals surface area contributed by atoms with Crippen molar-refractivity contribution in [2.24, 2.45) is 7.05 Å². The molecule has 0 fully saturated rings. The monoisotopic (exact) mass is 219 g/mol. The molecule has 0 atom stereocenters. The number of hydrogen-bond acceptors (Lipinski definition) is 5. The number of rotatable bonds is 4. The van der Waals surface area contributed by atoms with Gasteiger partial charge in [0.15, 0.2) is 0 Å². The lowest BCUT2D eigenvalue weighted by Crippen LogP contribution is -2.06. The Hall–Kier alpha value is -2.11. The Bertz CT molecular complexity index is 468. The summed E-state index contributed by atoms with van der Waals surface area (Å²) in [6.45, 7) is 0.631. The molecule has 0 spiro atoms. The highest BCUT2D eigenvalue weighted by molar-refractivity contribution is 5.51. The Balaban J connectivity index is 2.07. The first kappa shape index (κ1) is 10.4. The van der Waals surface area contributed by atoms with Crippen molar-refractivity contribution in [1.82, 2.24) is 20.0 Å². The topological polar surface area (TPSA) is 64.9 Å². The molecule has 0 aliphatic heterocycles. The highest BCUT2D eigenvalue weighted by Gasteiger charge is 2.04. The van der Waals surface area contributed by atoms with E-state index in [2.05, 4.69) is 20.6 Å². The van der Waals surface area contributed by atoms with Gasteiger partial charge in [-0.1, -0.05) is 5.21 Å². The summed E-state index contributed by atoms with van der Waals surface area (Å²) in [5, 5.41) is 10.9. The van der Waals surface area contributed by atoms with Crippen LogP contribution in [0.25, 0.3) is 0 Å². The molecule has 0 unspecified atom stereocenters. The van der Waals surface area contributed by atoms with Gasteiger partial charge >= 0.3 is 0 Å². The molecule has 2 aromatic rings. The third kappa shape index (κ3) is 2.10. The number of hydrogen-bond donors (Lipinski definition) is 1. The standard InChI is InChI=1S/C10H13N5O/c1-15-8(7-13-14-15)6-12-9-4-3-5-11-10(9)16-2/h3-5,7,12H,6H2,1-2H3. The van der Waals surface area contributed by atoms with Crippen LogP contribution in [-0.2, 0) is 13.6 Å². The Morgan fingerprint density at radius 2 is 2.38 bits per heavy atom. The van der Waals surface area contributed by atoms with E-state index in [-0.39, 0.29) is 0 Å². The molecule has 84 valence electrons. The summed E-state index contributed by atoms with van der Waals surface area (Å²) < 4.78 is 6.85. The molecule has 0 saturated heterocycles. The summed E-state index contributed by atoms with van der Waals surface area (Å²) in [5.41, 5.74) is 1.84. The third-order valence-electron chi connectivity index (χ3n) is 2.23. The smallest absolute Gasteiger partial charge is 0.237 e. The number of pyridine rings is 1. The molecule has 0 aromatic carbocycles. The number of methoxy groups -OCH3 is 1. The summed E-state index contributed by atoms with van der Waals surface area (Å²) in [5.74, 6) is 0.581. The fraction of sp³-hybridized carbons (Fsp3) is 0.300. The number of aromatic nitrogens is 4. The third-order valence-corrected chi connectivity index (χ3v) is 2.23. The average molecular weight is 219 g/mol. The maximum absolute atomic E-state index is 5.13. The molecular formula is C10H13N5O. The minimum atomic E-state index is 0.581. The summed E-state index contributed by atoms with van der Waals surface area (Å²) in [7, 11) is 3.45. The number of nitrogens with zero attached hydrogens (tertiary/aromatic N) is 4. The van der Waals surface area contributed by atoms with Gasteiger partial charge in [-0.3, -0.25) is 4.68 Å². The normalized spacial score (nSPS) is 10.1. The van der Waals surface area contributed by atoms with Gasteiger partial charge in [0, 0.05) is 13.2 Å². The first-order valence-corrected chi connectivity index (χ1v) is 4.87. The average Bonchev–Trinajstić information content (AvgIpc) is 2.72. The van der Waals surface area contributed by atoms with Crippen LogP contribution in [0.3, 0.4) is 0 Å². The molecular weight excluding hydrogens is 206 g/mol. The van der Waals surface area contributed by atoms with Crippen LogP contribution in [0.1, 0.15) is 5.69 Å². The van der Waals surface area contributed by atoms with E-state index in [0.717, 1.165) is 11.4 Å². The molecule has 0 saturated carbocycles. The van der Waals surface area contributed by atoms with Crippen LogP contribution in [0.15, 0.2) is 24.5 Å².